The van der Waals surface area contributed by atoms with Crippen LogP contribution in [0.4, 0.5) is 0 Å². The number of nitrogens with zero attached hydrogens (tertiary/aromatic N) is 1. The van der Waals surface area contributed by atoms with Crippen molar-refractivity contribution in [2.75, 3.05) is 6.54 Å². The number of hydrogen-bond acceptors (Lipinski definition) is 3. The highest BCUT2D eigenvalue weighted by atomic mass is 32.1. The van der Waals surface area contributed by atoms with Gasteiger partial charge in [0.25, 0.3) is 0 Å². The molecule has 1 atom stereocenters. The first-order valence-electron chi connectivity index (χ1n) is 6.54. The first kappa shape index (κ1) is 13.2. The van der Waals surface area contributed by atoms with Crippen molar-refractivity contribution in [3.8, 4) is 0 Å². The zero-order valence-electron chi connectivity index (χ0n) is 11.0. The molecule has 1 N–H and O–H groups in total. The molecule has 2 aromatic rings. The number of rotatable bonds is 6. The summed E-state index contributed by atoms with van der Waals surface area (Å²) >= 11 is 1.92. The second-order valence-corrected chi connectivity index (χ2v) is 5.53. The molecule has 0 spiro atoms. The van der Waals surface area contributed by atoms with E-state index in [1.54, 1.807) is 0 Å². The molecule has 0 aliphatic heterocycles. The van der Waals surface area contributed by atoms with Gasteiger partial charge >= 0.3 is 0 Å². The third-order valence-electron chi connectivity index (χ3n) is 2.99. The van der Waals surface area contributed by atoms with Gasteiger partial charge in [0.15, 0.2) is 0 Å². The van der Waals surface area contributed by atoms with Gasteiger partial charge in [0.1, 0.15) is 0 Å². The van der Waals surface area contributed by atoms with Crippen molar-refractivity contribution in [3.63, 3.8) is 0 Å². The average Bonchev–Trinajstić information content (AvgIpc) is 2.88. The van der Waals surface area contributed by atoms with Crippen molar-refractivity contribution < 1.29 is 0 Å². The summed E-state index contributed by atoms with van der Waals surface area (Å²) in [5, 5.41) is 3.57. The molecule has 2 aromatic heterocycles. The smallest absolute Gasteiger partial charge is 0.0456 e. The number of likely N-dealkylation sites (N-methyl/N-ethyl adjacent to an activating group) is 1. The van der Waals surface area contributed by atoms with E-state index in [9.17, 15) is 0 Å². The fraction of sp³-hybridized carbons (Fsp3) is 0.400. The molecular formula is C15H20N2S. The van der Waals surface area contributed by atoms with Gasteiger partial charge in [0.05, 0.1) is 0 Å². The average molecular weight is 260 g/mol. The number of hydrogen-bond donors (Lipinski definition) is 1. The molecule has 0 aromatic carbocycles. The predicted molar refractivity (Wildman–Crippen MR) is 78.1 cm³/mol. The zero-order chi connectivity index (χ0) is 12.8. The summed E-state index contributed by atoms with van der Waals surface area (Å²) < 4.78 is 0. The van der Waals surface area contributed by atoms with Crippen LogP contribution >= 0.6 is 11.3 Å². The lowest BCUT2D eigenvalue weighted by atomic mass is 10.1. The van der Waals surface area contributed by atoms with Gasteiger partial charge < -0.3 is 5.32 Å². The molecule has 18 heavy (non-hydrogen) atoms. The quantitative estimate of drug-likeness (QED) is 0.858. The SMILES string of the molecule is CCNC(Cc1cccnc1)c1ccc(CC)s1. The fourth-order valence-corrected chi connectivity index (χ4v) is 3.07. The summed E-state index contributed by atoms with van der Waals surface area (Å²) in [6.07, 6.45) is 5.91. The molecule has 3 heteroatoms. The minimum atomic E-state index is 0.407. The lowest BCUT2D eigenvalue weighted by Gasteiger charge is -2.16. The fourth-order valence-electron chi connectivity index (χ4n) is 2.05. The van der Waals surface area contributed by atoms with E-state index in [4.69, 9.17) is 0 Å². The molecule has 0 amide bonds. The summed E-state index contributed by atoms with van der Waals surface area (Å²) in [5.41, 5.74) is 1.29. The first-order chi connectivity index (χ1) is 8.83. The zero-order valence-corrected chi connectivity index (χ0v) is 11.8. The molecule has 0 fully saturated rings. The van der Waals surface area contributed by atoms with Gasteiger partial charge in [-0.3, -0.25) is 4.98 Å². The first-order valence-corrected chi connectivity index (χ1v) is 7.36. The molecule has 0 aliphatic carbocycles. The van der Waals surface area contributed by atoms with Crippen LogP contribution in [0.5, 0.6) is 0 Å². The normalized spacial score (nSPS) is 12.6. The summed E-state index contributed by atoms with van der Waals surface area (Å²) in [6, 6.07) is 9.06. The van der Waals surface area contributed by atoms with Crippen LogP contribution in [-0.2, 0) is 12.8 Å². The Bertz CT molecular complexity index is 464. The Balaban J connectivity index is 2.12. The van der Waals surface area contributed by atoms with Crippen LogP contribution in [0, 0.1) is 0 Å². The van der Waals surface area contributed by atoms with Crippen molar-refractivity contribution in [1.82, 2.24) is 10.3 Å². The number of nitrogens with one attached hydrogen (secondary N) is 1. The predicted octanol–water partition coefficient (Wildman–Crippen LogP) is 3.60. The van der Waals surface area contributed by atoms with E-state index in [0.717, 1.165) is 19.4 Å². The standard InChI is InChI=1S/C15H20N2S/c1-3-13-7-8-15(18-13)14(17-4-2)10-12-6-5-9-16-11-12/h5-9,11,14,17H,3-4,10H2,1-2H3. The number of pyridine rings is 1. The molecule has 0 saturated heterocycles. The van der Waals surface area contributed by atoms with Crippen molar-refractivity contribution in [1.29, 1.82) is 0 Å². The Morgan fingerprint density at radius 2 is 2.17 bits per heavy atom. The van der Waals surface area contributed by atoms with Gasteiger partial charge in [-0.1, -0.05) is 19.9 Å². The Labute approximate surface area is 113 Å². The molecule has 2 nitrogen and oxygen atoms in total. The van der Waals surface area contributed by atoms with Crippen molar-refractivity contribution in [2.24, 2.45) is 0 Å². The van der Waals surface area contributed by atoms with Crippen molar-refractivity contribution in [3.05, 3.63) is 52.0 Å². The highest BCUT2D eigenvalue weighted by Gasteiger charge is 2.13. The number of thiophene rings is 1. The van der Waals surface area contributed by atoms with Crippen LogP contribution in [0.25, 0.3) is 0 Å². The summed E-state index contributed by atoms with van der Waals surface area (Å²) in [6.45, 7) is 5.36. The third-order valence-corrected chi connectivity index (χ3v) is 4.33. The molecule has 0 saturated carbocycles. The van der Waals surface area contributed by atoms with Gasteiger partial charge in [-0.25, -0.2) is 0 Å². The summed E-state index contributed by atoms with van der Waals surface area (Å²) in [7, 11) is 0. The molecule has 1 unspecified atom stereocenters. The number of aryl methyl sites for hydroxylation is 1. The van der Waals surface area contributed by atoms with Crippen LogP contribution in [0.2, 0.25) is 0 Å². The van der Waals surface area contributed by atoms with Gasteiger partial charge in [-0.05, 0) is 43.1 Å². The molecular weight excluding hydrogens is 240 g/mol. The highest BCUT2D eigenvalue weighted by Crippen LogP contribution is 2.26. The Morgan fingerprint density at radius 3 is 2.78 bits per heavy atom. The molecule has 2 heterocycles. The maximum atomic E-state index is 4.19. The topological polar surface area (TPSA) is 24.9 Å². The monoisotopic (exact) mass is 260 g/mol. The molecule has 0 bridgehead atoms. The minimum absolute atomic E-state index is 0.407. The maximum Gasteiger partial charge on any atom is 0.0456 e. The summed E-state index contributed by atoms with van der Waals surface area (Å²) in [4.78, 5) is 7.07. The largest absolute Gasteiger partial charge is 0.309 e. The molecule has 96 valence electrons. The second-order valence-electron chi connectivity index (χ2n) is 4.33. The van der Waals surface area contributed by atoms with E-state index >= 15 is 0 Å². The minimum Gasteiger partial charge on any atom is -0.309 e. The van der Waals surface area contributed by atoms with Crippen molar-refractivity contribution >= 4 is 11.3 Å². The molecule has 2 rings (SSSR count). The van der Waals surface area contributed by atoms with Gasteiger partial charge in [0.2, 0.25) is 0 Å². The van der Waals surface area contributed by atoms with E-state index in [2.05, 4.69) is 42.3 Å². The number of aromatic nitrogens is 1. The Morgan fingerprint density at radius 1 is 1.28 bits per heavy atom. The van der Waals surface area contributed by atoms with Crippen LogP contribution in [0.3, 0.4) is 0 Å². The van der Waals surface area contributed by atoms with Crippen LogP contribution in [-0.4, -0.2) is 11.5 Å². The van der Waals surface area contributed by atoms with Gasteiger partial charge in [0, 0.05) is 28.2 Å². The van der Waals surface area contributed by atoms with Gasteiger partial charge in [-0.15, -0.1) is 11.3 Å². The lowest BCUT2D eigenvalue weighted by molar-refractivity contribution is 0.557. The maximum absolute atomic E-state index is 4.19. The highest BCUT2D eigenvalue weighted by molar-refractivity contribution is 7.12. The lowest BCUT2D eigenvalue weighted by Crippen LogP contribution is -2.22. The van der Waals surface area contributed by atoms with E-state index in [1.165, 1.54) is 15.3 Å². The Kier molecular flexibility index (Phi) is 4.90. The van der Waals surface area contributed by atoms with Gasteiger partial charge in [-0.2, -0.15) is 0 Å². The molecule has 0 aliphatic rings. The van der Waals surface area contributed by atoms with Crippen LogP contribution in [0.15, 0.2) is 36.7 Å². The van der Waals surface area contributed by atoms with E-state index < -0.39 is 0 Å². The van der Waals surface area contributed by atoms with Crippen molar-refractivity contribution in [2.45, 2.75) is 32.7 Å². The van der Waals surface area contributed by atoms with E-state index in [-0.39, 0.29) is 0 Å². The third kappa shape index (κ3) is 3.40. The second kappa shape index (κ2) is 6.66. The van der Waals surface area contributed by atoms with Crippen LogP contribution in [0.1, 0.15) is 35.2 Å². The molecule has 0 radical (unpaired) electrons. The van der Waals surface area contributed by atoms with E-state index in [0.29, 0.717) is 6.04 Å². The summed E-state index contributed by atoms with van der Waals surface area (Å²) in [5.74, 6) is 0. The van der Waals surface area contributed by atoms with E-state index in [1.807, 2.05) is 29.8 Å². The van der Waals surface area contributed by atoms with Crippen LogP contribution < -0.4 is 5.32 Å². The Hall–Kier alpha value is -1.19.